The fourth-order valence-corrected chi connectivity index (χ4v) is 2.27. The predicted octanol–water partition coefficient (Wildman–Crippen LogP) is 3.22. The summed E-state index contributed by atoms with van der Waals surface area (Å²) in [5.74, 6) is 0. The Kier molecular flexibility index (Phi) is 7.73. The summed E-state index contributed by atoms with van der Waals surface area (Å²) in [6.45, 7) is 5.64. The number of hydrogen-bond acceptors (Lipinski definition) is 3. The Balaban J connectivity index is 2.39. The average molecular weight is 305 g/mol. The van der Waals surface area contributed by atoms with Crippen molar-refractivity contribution in [1.82, 2.24) is 10.2 Å². The van der Waals surface area contributed by atoms with E-state index in [9.17, 15) is 0 Å². The molecule has 3 nitrogen and oxygen atoms in total. The molecule has 1 aromatic rings. The van der Waals surface area contributed by atoms with Crippen LogP contribution in [0.15, 0.2) is 18.2 Å². The van der Waals surface area contributed by atoms with Crippen molar-refractivity contribution >= 4 is 23.2 Å². The van der Waals surface area contributed by atoms with Gasteiger partial charge in [-0.15, -0.1) is 0 Å². The number of benzene rings is 1. The van der Waals surface area contributed by atoms with Gasteiger partial charge in [0.1, 0.15) is 0 Å². The molecule has 0 heterocycles. The highest BCUT2D eigenvalue weighted by Gasteiger charge is 2.11. The minimum Gasteiger partial charge on any atom is -0.383 e. The molecule has 1 atom stereocenters. The lowest BCUT2D eigenvalue weighted by molar-refractivity contribution is 0.161. The molecule has 0 saturated heterocycles. The van der Waals surface area contributed by atoms with Crippen LogP contribution in [0, 0.1) is 0 Å². The van der Waals surface area contributed by atoms with E-state index >= 15 is 0 Å². The molecular formula is C14H22Cl2N2O. The maximum atomic E-state index is 6.20. The van der Waals surface area contributed by atoms with Gasteiger partial charge in [0, 0.05) is 32.8 Å². The summed E-state index contributed by atoms with van der Waals surface area (Å²) < 4.78 is 5.04. The van der Waals surface area contributed by atoms with E-state index < -0.39 is 0 Å². The molecule has 0 aromatic heterocycles. The third-order valence-electron chi connectivity index (χ3n) is 3.07. The van der Waals surface area contributed by atoms with Crippen molar-refractivity contribution in [3.05, 3.63) is 33.8 Å². The molecule has 1 N–H and O–H groups in total. The molecule has 1 unspecified atom stereocenters. The van der Waals surface area contributed by atoms with E-state index in [1.807, 2.05) is 12.1 Å². The molecule has 1 aromatic carbocycles. The summed E-state index contributed by atoms with van der Waals surface area (Å²) in [5, 5.41) is 4.69. The molecule has 5 heteroatoms. The third kappa shape index (κ3) is 5.67. The average Bonchev–Trinajstić information content (AvgIpc) is 2.39. The second kappa shape index (κ2) is 8.77. The number of likely N-dealkylation sites (N-methyl/N-ethyl adjacent to an activating group) is 1. The van der Waals surface area contributed by atoms with Crippen LogP contribution in [0.25, 0.3) is 0 Å². The van der Waals surface area contributed by atoms with Gasteiger partial charge in [-0.25, -0.2) is 0 Å². The van der Waals surface area contributed by atoms with Crippen molar-refractivity contribution in [2.24, 2.45) is 0 Å². The van der Waals surface area contributed by atoms with E-state index in [4.69, 9.17) is 27.9 Å². The van der Waals surface area contributed by atoms with E-state index in [-0.39, 0.29) is 6.04 Å². The second-order valence-electron chi connectivity index (χ2n) is 4.61. The van der Waals surface area contributed by atoms with Crippen LogP contribution < -0.4 is 5.32 Å². The van der Waals surface area contributed by atoms with Crippen LogP contribution in [-0.4, -0.2) is 45.3 Å². The minimum absolute atomic E-state index is 0.182. The highest BCUT2D eigenvalue weighted by atomic mass is 35.5. The van der Waals surface area contributed by atoms with Gasteiger partial charge in [0.25, 0.3) is 0 Å². The largest absolute Gasteiger partial charge is 0.383 e. The van der Waals surface area contributed by atoms with Crippen LogP contribution in [0.2, 0.25) is 10.0 Å². The van der Waals surface area contributed by atoms with Crippen molar-refractivity contribution in [3.63, 3.8) is 0 Å². The quantitative estimate of drug-likeness (QED) is 0.798. The van der Waals surface area contributed by atoms with Gasteiger partial charge in [-0.05, 0) is 25.6 Å². The number of ether oxygens (including phenoxy) is 1. The first kappa shape index (κ1) is 16.7. The van der Waals surface area contributed by atoms with E-state index in [1.165, 1.54) is 0 Å². The molecule has 0 saturated carbocycles. The van der Waals surface area contributed by atoms with Crippen LogP contribution in [0.5, 0.6) is 0 Å². The van der Waals surface area contributed by atoms with Crippen molar-refractivity contribution in [1.29, 1.82) is 0 Å². The summed E-state index contributed by atoms with van der Waals surface area (Å²) >= 11 is 12.2. The van der Waals surface area contributed by atoms with Gasteiger partial charge in [0.2, 0.25) is 0 Å². The van der Waals surface area contributed by atoms with Gasteiger partial charge < -0.3 is 15.0 Å². The van der Waals surface area contributed by atoms with Crippen molar-refractivity contribution < 1.29 is 4.74 Å². The van der Waals surface area contributed by atoms with E-state index in [2.05, 4.69) is 24.2 Å². The maximum absolute atomic E-state index is 6.20. The number of halogens is 2. The topological polar surface area (TPSA) is 24.5 Å². The number of nitrogens with one attached hydrogen (secondary N) is 1. The van der Waals surface area contributed by atoms with Gasteiger partial charge >= 0.3 is 0 Å². The maximum Gasteiger partial charge on any atom is 0.0639 e. The van der Waals surface area contributed by atoms with Crippen molar-refractivity contribution in [2.75, 3.05) is 40.4 Å². The lowest BCUT2D eigenvalue weighted by atomic mass is 10.1. The molecule has 0 amide bonds. The Morgan fingerprint density at radius 1 is 1.32 bits per heavy atom. The predicted molar refractivity (Wildman–Crippen MR) is 82.3 cm³/mol. The first-order chi connectivity index (χ1) is 9.06. The summed E-state index contributed by atoms with van der Waals surface area (Å²) in [6.07, 6.45) is 0. The van der Waals surface area contributed by atoms with E-state index in [1.54, 1.807) is 13.2 Å². The van der Waals surface area contributed by atoms with Crippen LogP contribution >= 0.6 is 23.2 Å². The molecule has 0 radical (unpaired) electrons. The Bertz CT molecular complexity index is 388. The zero-order valence-electron chi connectivity index (χ0n) is 11.7. The smallest absolute Gasteiger partial charge is 0.0639 e. The Hall–Kier alpha value is -0.320. The fraction of sp³-hybridized carbons (Fsp3) is 0.571. The molecular weight excluding hydrogens is 283 g/mol. The summed E-state index contributed by atoms with van der Waals surface area (Å²) in [6, 6.07) is 5.91. The molecule has 0 aliphatic carbocycles. The van der Waals surface area contributed by atoms with Gasteiger partial charge in [-0.1, -0.05) is 35.3 Å². The normalized spacial score (nSPS) is 12.9. The highest BCUT2D eigenvalue weighted by molar-refractivity contribution is 6.42. The number of rotatable bonds is 8. The monoisotopic (exact) mass is 304 g/mol. The molecule has 0 aliphatic rings. The molecule has 19 heavy (non-hydrogen) atoms. The van der Waals surface area contributed by atoms with Crippen LogP contribution in [0.1, 0.15) is 18.5 Å². The third-order valence-corrected chi connectivity index (χ3v) is 3.90. The van der Waals surface area contributed by atoms with Crippen molar-refractivity contribution in [2.45, 2.75) is 13.0 Å². The first-order valence-electron chi connectivity index (χ1n) is 6.41. The van der Waals surface area contributed by atoms with Gasteiger partial charge in [0.15, 0.2) is 0 Å². The van der Waals surface area contributed by atoms with Crippen LogP contribution in [0.4, 0.5) is 0 Å². The second-order valence-corrected chi connectivity index (χ2v) is 5.40. The Labute approximate surface area is 125 Å². The summed E-state index contributed by atoms with van der Waals surface area (Å²) in [4.78, 5) is 2.22. The van der Waals surface area contributed by atoms with Gasteiger partial charge in [0.05, 0.1) is 16.7 Å². The molecule has 0 fully saturated rings. The standard InChI is InChI=1S/C14H22Cl2N2O/c1-11(12-5-4-6-13(15)14(12)16)17-7-8-18(2)9-10-19-3/h4-6,11,17H,7-10H2,1-3H3. The lowest BCUT2D eigenvalue weighted by Crippen LogP contribution is -2.32. The molecule has 0 spiro atoms. The number of hydrogen-bond donors (Lipinski definition) is 1. The van der Waals surface area contributed by atoms with Gasteiger partial charge in [-0.2, -0.15) is 0 Å². The zero-order valence-corrected chi connectivity index (χ0v) is 13.3. The Morgan fingerprint density at radius 2 is 2.05 bits per heavy atom. The van der Waals surface area contributed by atoms with E-state index in [0.29, 0.717) is 10.0 Å². The first-order valence-corrected chi connectivity index (χ1v) is 7.16. The van der Waals surface area contributed by atoms with Crippen LogP contribution in [-0.2, 0) is 4.74 Å². The molecule has 108 valence electrons. The lowest BCUT2D eigenvalue weighted by Gasteiger charge is -2.20. The summed E-state index contributed by atoms with van der Waals surface area (Å²) in [5.41, 5.74) is 1.04. The summed E-state index contributed by atoms with van der Waals surface area (Å²) in [7, 11) is 3.80. The van der Waals surface area contributed by atoms with Gasteiger partial charge in [-0.3, -0.25) is 0 Å². The zero-order chi connectivity index (χ0) is 14.3. The van der Waals surface area contributed by atoms with Crippen molar-refractivity contribution in [3.8, 4) is 0 Å². The van der Waals surface area contributed by atoms with E-state index in [0.717, 1.165) is 31.8 Å². The highest BCUT2D eigenvalue weighted by Crippen LogP contribution is 2.29. The Morgan fingerprint density at radius 3 is 2.74 bits per heavy atom. The molecule has 1 rings (SSSR count). The minimum atomic E-state index is 0.182. The fourth-order valence-electron chi connectivity index (χ4n) is 1.80. The molecule has 0 aliphatic heterocycles. The van der Waals surface area contributed by atoms with Crippen LogP contribution in [0.3, 0.4) is 0 Å². The number of nitrogens with zero attached hydrogens (tertiary/aromatic N) is 1. The molecule has 0 bridgehead atoms. The SMILES string of the molecule is COCCN(C)CCNC(C)c1cccc(Cl)c1Cl. The number of methoxy groups -OCH3 is 1.